The molecule has 0 bridgehead atoms. The first-order valence-corrected chi connectivity index (χ1v) is 11.6. The van der Waals surface area contributed by atoms with E-state index in [-0.39, 0.29) is 5.92 Å². The molecular formula is C22H29Cl2NO6. The Hall–Kier alpha value is -1.54. The van der Waals surface area contributed by atoms with Crippen LogP contribution in [0.4, 0.5) is 0 Å². The van der Waals surface area contributed by atoms with Crippen molar-refractivity contribution in [2.75, 3.05) is 26.3 Å². The van der Waals surface area contributed by atoms with Gasteiger partial charge in [0.2, 0.25) is 0 Å². The highest BCUT2D eigenvalue weighted by Crippen LogP contribution is 2.41. The number of halogens is 2. The van der Waals surface area contributed by atoms with Gasteiger partial charge in [-0.1, -0.05) is 43.0 Å². The summed E-state index contributed by atoms with van der Waals surface area (Å²) in [7, 11) is 0. The lowest BCUT2D eigenvalue weighted by atomic mass is 9.87. The zero-order valence-electron chi connectivity index (χ0n) is 17.9. The first-order valence-electron chi connectivity index (χ1n) is 10.8. The van der Waals surface area contributed by atoms with Crippen molar-refractivity contribution >= 4 is 35.1 Å². The van der Waals surface area contributed by atoms with Gasteiger partial charge in [-0.2, -0.15) is 0 Å². The van der Waals surface area contributed by atoms with Crippen LogP contribution >= 0.6 is 23.2 Å². The molecule has 0 aliphatic carbocycles. The van der Waals surface area contributed by atoms with Gasteiger partial charge >= 0.3 is 17.8 Å². The third kappa shape index (κ3) is 5.45. The molecule has 1 spiro atoms. The number of piperidine rings is 1. The zero-order chi connectivity index (χ0) is 22.4. The number of esters is 2. The Morgan fingerprint density at radius 1 is 1.13 bits per heavy atom. The highest BCUT2D eigenvalue weighted by Gasteiger charge is 2.62. The summed E-state index contributed by atoms with van der Waals surface area (Å²) < 4.78 is 23.0. The van der Waals surface area contributed by atoms with E-state index < -0.39 is 24.0 Å². The highest BCUT2D eigenvalue weighted by molar-refractivity contribution is 6.42. The summed E-state index contributed by atoms with van der Waals surface area (Å²) in [6, 6.07) is 5.11. The van der Waals surface area contributed by atoms with Gasteiger partial charge in [0.25, 0.3) is 0 Å². The van der Waals surface area contributed by atoms with Gasteiger partial charge in [0.05, 0.1) is 16.7 Å². The lowest BCUT2D eigenvalue weighted by molar-refractivity contribution is -0.326. The average molecular weight is 474 g/mol. The molecule has 2 aliphatic heterocycles. The fourth-order valence-corrected chi connectivity index (χ4v) is 4.44. The van der Waals surface area contributed by atoms with Crippen molar-refractivity contribution < 1.29 is 28.5 Å². The number of hydrogen-bond donors (Lipinski definition) is 0. The topological polar surface area (TPSA) is 74.3 Å². The number of unbranched alkanes of at least 4 members (excludes halogenated alkanes) is 2. The van der Waals surface area contributed by atoms with Crippen molar-refractivity contribution in [3.05, 3.63) is 28.2 Å². The first kappa shape index (κ1) is 24.1. The minimum atomic E-state index is -1.51. The summed E-state index contributed by atoms with van der Waals surface area (Å²) in [5.41, 5.74) is 0. The molecule has 31 heavy (non-hydrogen) atoms. The van der Waals surface area contributed by atoms with Gasteiger partial charge in [-0.25, -0.2) is 14.5 Å². The molecule has 7 nitrogen and oxygen atoms in total. The van der Waals surface area contributed by atoms with Crippen LogP contribution in [0.3, 0.4) is 0 Å². The molecule has 0 aromatic heterocycles. The maximum Gasteiger partial charge on any atom is 0.422 e. The Labute approximate surface area is 192 Å². The minimum absolute atomic E-state index is 0.0242. The number of carbonyl (C=O) groups excluding carboxylic acids is 2. The van der Waals surface area contributed by atoms with Gasteiger partial charge in [-0.05, 0) is 44.2 Å². The molecule has 2 saturated heterocycles. The van der Waals surface area contributed by atoms with E-state index in [2.05, 4.69) is 6.92 Å². The molecule has 2 aliphatic rings. The second-order valence-electron chi connectivity index (χ2n) is 7.74. The van der Waals surface area contributed by atoms with Crippen molar-refractivity contribution in [1.29, 1.82) is 0 Å². The zero-order valence-corrected chi connectivity index (χ0v) is 19.4. The molecule has 2 unspecified atom stereocenters. The SMILES string of the molecule is CCCCCN1CCC(CCOc2ccc(Cl)c(Cl)c2)C(OCC)C12OC(=O)C(=O)O2. The summed E-state index contributed by atoms with van der Waals surface area (Å²) in [6.45, 7) is 6.07. The van der Waals surface area contributed by atoms with Gasteiger partial charge in [0.1, 0.15) is 5.75 Å². The highest BCUT2D eigenvalue weighted by atomic mass is 35.5. The van der Waals surface area contributed by atoms with Crippen LogP contribution in [0, 0.1) is 5.92 Å². The van der Waals surface area contributed by atoms with Gasteiger partial charge in [0, 0.05) is 25.8 Å². The Morgan fingerprint density at radius 3 is 2.52 bits per heavy atom. The van der Waals surface area contributed by atoms with Crippen molar-refractivity contribution in [2.24, 2.45) is 5.92 Å². The molecule has 172 valence electrons. The normalized spacial score (nSPS) is 23.1. The Kier molecular flexibility index (Phi) is 8.44. The van der Waals surface area contributed by atoms with Gasteiger partial charge in [0.15, 0.2) is 6.10 Å². The van der Waals surface area contributed by atoms with Crippen molar-refractivity contribution in [1.82, 2.24) is 4.90 Å². The Morgan fingerprint density at radius 2 is 1.87 bits per heavy atom. The van der Waals surface area contributed by atoms with Crippen LogP contribution in [0.1, 0.15) is 46.0 Å². The molecule has 2 heterocycles. The van der Waals surface area contributed by atoms with E-state index in [0.29, 0.717) is 48.5 Å². The number of likely N-dealkylation sites (tertiary alicyclic amines) is 1. The van der Waals surface area contributed by atoms with Crippen molar-refractivity contribution in [3.63, 3.8) is 0 Å². The van der Waals surface area contributed by atoms with Crippen LogP contribution < -0.4 is 4.74 Å². The number of carbonyl (C=O) groups is 2. The van der Waals surface area contributed by atoms with Crippen LogP contribution in [-0.4, -0.2) is 55.2 Å². The van der Waals surface area contributed by atoms with Gasteiger partial charge in [-0.15, -0.1) is 0 Å². The van der Waals surface area contributed by atoms with E-state index in [9.17, 15) is 9.59 Å². The van der Waals surface area contributed by atoms with E-state index in [1.807, 2.05) is 11.8 Å². The van der Waals surface area contributed by atoms with Crippen LogP contribution in [0.25, 0.3) is 0 Å². The Bertz CT molecular complexity index is 773. The number of ether oxygens (including phenoxy) is 4. The van der Waals surface area contributed by atoms with Crippen molar-refractivity contribution in [3.8, 4) is 5.75 Å². The van der Waals surface area contributed by atoms with E-state index >= 15 is 0 Å². The number of rotatable bonds is 10. The summed E-state index contributed by atoms with van der Waals surface area (Å²) >= 11 is 12.0. The van der Waals surface area contributed by atoms with E-state index in [4.69, 9.17) is 42.1 Å². The van der Waals surface area contributed by atoms with Crippen LogP contribution in [0.2, 0.25) is 10.0 Å². The minimum Gasteiger partial charge on any atom is -0.494 e. The molecular weight excluding hydrogens is 445 g/mol. The standard InChI is InChI=1S/C22H29Cl2NO6/c1-3-5-6-11-25-12-9-15(10-13-29-16-7-8-17(23)18(24)14-16)19(28-4-2)22(25)30-20(26)21(27)31-22/h7-8,14-15,19H,3-6,9-13H2,1-2H3. The second-order valence-corrected chi connectivity index (χ2v) is 8.56. The predicted octanol–water partition coefficient (Wildman–Crippen LogP) is 4.43. The predicted molar refractivity (Wildman–Crippen MR) is 116 cm³/mol. The molecule has 0 N–H and O–H groups in total. The molecule has 0 saturated carbocycles. The number of hydrogen-bond acceptors (Lipinski definition) is 7. The van der Waals surface area contributed by atoms with E-state index in [1.165, 1.54) is 0 Å². The third-order valence-electron chi connectivity index (χ3n) is 5.67. The molecule has 9 heteroatoms. The summed E-state index contributed by atoms with van der Waals surface area (Å²) in [5.74, 6) is -2.86. The molecule has 1 aromatic rings. The largest absolute Gasteiger partial charge is 0.494 e. The average Bonchev–Trinajstić information content (AvgIpc) is 3.04. The fraction of sp³-hybridized carbons (Fsp3) is 0.636. The Balaban J connectivity index is 1.72. The first-order chi connectivity index (χ1) is 14.9. The number of nitrogens with zero attached hydrogens (tertiary/aromatic N) is 1. The molecule has 1 aromatic carbocycles. The number of benzene rings is 1. The maximum atomic E-state index is 12.0. The monoisotopic (exact) mass is 473 g/mol. The molecule has 3 rings (SSSR count). The van der Waals surface area contributed by atoms with E-state index in [0.717, 1.165) is 25.7 Å². The lowest BCUT2D eigenvalue weighted by Crippen LogP contribution is -2.65. The summed E-state index contributed by atoms with van der Waals surface area (Å²) in [5, 5.41) is 0.892. The summed E-state index contributed by atoms with van der Waals surface area (Å²) in [4.78, 5) is 26.0. The van der Waals surface area contributed by atoms with Crippen LogP contribution in [0.5, 0.6) is 5.75 Å². The fourth-order valence-electron chi connectivity index (χ4n) is 4.15. The molecule has 0 amide bonds. The van der Waals surface area contributed by atoms with E-state index in [1.54, 1.807) is 18.2 Å². The molecule has 2 atom stereocenters. The lowest BCUT2D eigenvalue weighted by Gasteiger charge is -2.48. The smallest absolute Gasteiger partial charge is 0.422 e. The third-order valence-corrected chi connectivity index (χ3v) is 6.41. The molecule has 0 radical (unpaired) electrons. The summed E-state index contributed by atoms with van der Waals surface area (Å²) in [6.07, 6.45) is 3.85. The van der Waals surface area contributed by atoms with Crippen LogP contribution in [-0.2, 0) is 23.8 Å². The molecule has 2 fully saturated rings. The van der Waals surface area contributed by atoms with Gasteiger partial charge in [-0.3, -0.25) is 0 Å². The second kappa shape index (κ2) is 10.9. The van der Waals surface area contributed by atoms with Gasteiger partial charge < -0.3 is 18.9 Å². The quantitative estimate of drug-likeness (QED) is 0.282. The van der Waals surface area contributed by atoms with Crippen molar-refractivity contribution in [2.45, 2.75) is 58.0 Å². The maximum absolute atomic E-state index is 12.0. The van der Waals surface area contributed by atoms with Crippen LogP contribution in [0.15, 0.2) is 18.2 Å².